The molecule has 1 aromatic heterocycles. The molecule has 5 heteroatoms. The number of rotatable bonds is 7. The van der Waals surface area contributed by atoms with E-state index >= 15 is 0 Å². The van der Waals surface area contributed by atoms with Gasteiger partial charge in [-0.15, -0.1) is 0 Å². The Morgan fingerprint density at radius 3 is 2.38 bits per heavy atom. The summed E-state index contributed by atoms with van der Waals surface area (Å²) in [4.78, 5) is 4.59. The van der Waals surface area contributed by atoms with Gasteiger partial charge in [0, 0.05) is 17.6 Å². The first-order valence-corrected chi connectivity index (χ1v) is 9.12. The zero-order valence-electron chi connectivity index (χ0n) is 14.3. The Kier molecular flexibility index (Phi) is 6.17. The van der Waals surface area contributed by atoms with Gasteiger partial charge in [-0.25, -0.2) is 13.8 Å². The number of hydrogen-bond donors (Lipinski definition) is 1. The first-order valence-electron chi connectivity index (χ1n) is 8.74. The van der Waals surface area contributed by atoms with E-state index in [1.165, 1.54) is 24.3 Å². The normalized spacial score (nSPS) is 11.2. The number of fused-ring (bicyclic) bond motifs is 1. The molecule has 2 nitrogen and oxygen atoms in total. The van der Waals surface area contributed by atoms with Crippen LogP contribution in [0.5, 0.6) is 0 Å². The van der Waals surface area contributed by atoms with Crippen molar-refractivity contribution in [3.05, 3.63) is 64.7 Å². The quantitative estimate of drug-likeness (QED) is 0.519. The number of unbranched alkanes of at least 4 members (excludes halogenated alkanes) is 3. The van der Waals surface area contributed by atoms with E-state index in [0.717, 1.165) is 48.6 Å². The van der Waals surface area contributed by atoms with Gasteiger partial charge in [0.25, 0.3) is 0 Å². The van der Waals surface area contributed by atoms with Crippen LogP contribution < -0.4 is 0 Å². The summed E-state index contributed by atoms with van der Waals surface area (Å²) in [5, 5.41) is 9.66. The van der Waals surface area contributed by atoms with Crippen LogP contribution in [0.4, 0.5) is 8.78 Å². The molecule has 0 unspecified atom stereocenters. The fourth-order valence-electron chi connectivity index (χ4n) is 3.05. The third kappa shape index (κ3) is 4.37. The Hall–Kier alpha value is -2.04. The van der Waals surface area contributed by atoms with Crippen LogP contribution in [0.25, 0.3) is 22.2 Å². The predicted molar refractivity (Wildman–Crippen MR) is 101 cm³/mol. The molecule has 0 atom stereocenters. The van der Waals surface area contributed by atoms with Crippen LogP contribution in [0.1, 0.15) is 31.2 Å². The standard InChI is InChI=1S/C21H20ClF2NO/c22-18-13-21-17(12-19(18)24)15(5-3-1-2-4-10-26)11-20(25-21)14-6-8-16(23)9-7-14/h6-9,11-13,26H,1-5,10H2. The summed E-state index contributed by atoms with van der Waals surface area (Å²) in [7, 11) is 0. The zero-order valence-corrected chi connectivity index (χ0v) is 15.1. The van der Waals surface area contributed by atoms with Crippen molar-refractivity contribution < 1.29 is 13.9 Å². The van der Waals surface area contributed by atoms with Gasteiger partial charge in [0.1, 0.15) is 11.6 Å². The molecule has 0 bridgehead atoms. The maximum Gasteiger partial charge on any atom is 0.142 e. The molecule has 0 amide bonds. The maximum absolute atomic E-state index is 14.0. The van der Waals surface area contributed by atoms with Crippen LogP contribution in [-0.4, -0.2) is 16.7 Å². The van der Waals surface area contributed by atoms with Crippen LogP contribution in [-0.2, 0) is 6.42 Å². The van der Waals surface area contributed by atoms with E-state index in [1.807, 2.05) is 6.07 Å². The lowest BCUT2D eigenvalue weighted by Crippen LogP contribution is -1.95. The fourth-order valence-corrected chi connectivity index (χ4v) is 3.20. The highest BCUT2D eigenvalue weighted by Gasteiger charge is 2.11. The predicted octanol–water partition coefficient (Wildman–Crippen LogP) is 5.93. The molecule has 3 aromatic rings. The lowest BCUT2D eigenvalue weighted by molar-refractivity contribution is 0.282. The summed E-state index contributed by atoms with van der Waals surface area (Å²) in [6.45, 7) is 0.205. The van der Waals surface area contributed by atoms with Gasteiger partial charge < -0.3 is 5.11 Å². The van der Waals surface area contributed by atoms with Gasteiger partial charge in [0.05, 0.1) is 16.2 Å². The molecule has 0 aliphatic heterocycles. The minimum atomic E-state index is -0.461. The van der Waals surface area contributed by atoms with Crippen LogP contribution in [0.3, 0.4) is 0 Å². The molecule has 1 heterocycles. The number of aliphatic hydroxyl groups is 1. The van der Waals surface area contributed by atoms with Crippen LogP contribution in [0, 0.1) is 11.6 Å². The zero-order chi connectivity index (χ0) is 18.5. The van der Waals surface area contributed by atoms with E-state index in [-0.39, 0.29) is 17.4 Å². The molecule has 0 saturated carbocycles. The smallest absolute Gasteiger partial charge is 0.142 e. The molecule has 0 radical (unpaired) electrons. The number of halogens is 3. The van der Waals surface area contributed by atoms with Crippen molar-refractivity contribution in [1.82, 2.24) is 4.98 Å². The molecule has 0 aliphatic carbocycles. The van der Waals surface area contributed by atoms with E-state index in [2.05, 4.69) is 4.98 Å². The molecule has 26 heavy (non-hydrogen) atoms. The Labute approximate surface area is 156 Å². The summed E-state index contributed by atoms with van der Waals surface area (Å²) in [6.07, 6.45) is 4.46. The van der Waals surface area contributed by atoms with E-state index < -0.39 is 5.82 Å². The monoisotopic (exact) mass is 375 g/mol. The van der Waals surface area contributed by atoms with Crippen molar-refractivity contribution >= 4 is 22.5 Å². The summed E-state index contributed by atoms with van der Waals surface area (Å²) >= 11 is 5.93. The van der Waals surface area contributed by atoms with Gasteiger partial charge in [0.15, 0.2) is 0 Å². The fraction of sp³-hybridized carbons (Fsp3) is 0.286. The van der Waals surface area contributed by atoms with Gasteiger partial charge in [-0.1, -0.05) is 24.4 Å². The minimum absolute atomic E-state index is 0.0372. The number of aromatic nitrogens is 1. The van der Waals surface area contributed by atoms with Crippen molar-refractivity contribution in [3.63, 3.8) is 0 Å². The van der Waals surface area contributed by atoms with E-state index in [1.54, 1.807) is 12.1 Å². The van der Waals surface area contributed by atoms with Crippen LogP contribution in [0.2, 0.25) is 5.02 Å². The van der Waals surface area contributed by atoms with Crippen molar-refractivity contribution in [2.45, 2.75) is 32.1 Å². The number of aliphatic hydroxyl groups excluding tert-OH is 1. The highest BCUT2D eigenvalue weighted by Crippen LogP contribution is 2.29. The highest BCUT2D eigenvalue weighted by molar-refractivity contribution is 6.31. The average molecular weight is 376 g/mol. The molecule has 0 aliphatic rings. The van der Waals surface area contributed by atoms with Crippen molar-refractivity contribution in [3.8, 4) is 11.3 Å². The maximum atomic E-state index is 14.0. The van der Waals surface area contributed by atoms with E-state index in [0.29, 0.717) is 11.2 Å². The Bertz CT molecular complexity index is 897. The summed E-state index contributed by atoms with van der Waals surface area (Å²) < 4.78 is 27.2. The molecule has 0 saturated heterocycles. The summed E-state index contributed by atoms with van der Waals surface area (Å²) in [6, 6.07) is 11.1. The molecule has 3 rings (SSSR count). The van der Waals surface area contributed by atoms with Gasteiger partial charge in [-0.3, -0.25) is 0 Å². The number of benzene rings is 2. The Morgan fingerprint density at radius 1 is 0.923 bits per heavy atom. The van der Waals surface area contributed by atoms with E-state index in [9.17, 15) is 8.78 Å². The second-order valence-corrected chi connectivity index (χ2v) is 6.75. The minimum Gasteiger partial charge on any atom is -0.396 e. The molecule has 136 valence electrons. The molecule has 0 fully saturated rings. The SMILES string of the molecule is OCCCCCCc1cc(-c2ccc(F)cc2)nc2cc(Cl)c(F)cc12. The lowest BCUT2D eigenvalue weighted by atomic mass is 9.99. The molecular formula is C21H20ClF2NO. The van der Waals surface area contributed by atoms with Crippen molar-refractivity contribution in [1.29, 1.82) is 0 Å². The first-order chi connectivity index (χ1) is 12.6. The van der Waals surface area contributed by atoms with Crippen LogP contribution in [0.15, 0.2) is 42.5 Å². The van der Waals surface area contributed by atoms with Gasteiger partial charge >= 0.3 is 0 Å². The number of aryl methyl sites for hydroxylation is 1. The highest BCUT2D eigenvalue weighted by atomic mass is 35.5. The molecular weight excluding hydrogens is 356 g/mol. The van der Waals surface area contributed by atoms with Gasteiger partial charge in [-0.05, 0) is 67.3 Å². The molecule has 0 spiro atoms. The van der Waals surface area contributed by atoms with Gasteiger partial charge in [-0.2, -0.15) is 0 Å². The number of nitrogens with zero attached hydrogens (tertiary/aromatic N) is 1. The summed E-state index contributed by atoms with van der Waals surface area (Å²) in [5.41, 5.74) is 3.14. The second-order valence-electron chi connectivity index (χ2n) is 6.34. The van der Waals surface area contributed by atoms with E-state index in [4.69, 9.17) is 16.7 Å². The lowest BCUT2D eigenvalue weighted by Gasteiger charge is -2.11. The van der Waals surface area contributed by atoms with Crippen LogP contribution >= 0.6 is 11.6 Å². The first kappa shape index (κ1) is 18.7. The molecule has 1 N–H and O–H groups in total. The second kappa shape index (κ2) is 8.56. The largest absolute Gasteiger partial charge is 0.396 e. The topological polar surface area (TPSA) is 33.1 Å². The van der Waals surface area contributed by atoms with Crippen molar-refractivity contribution in [2.75, 3.05) is 6.61 Å². The van der Waals surface area contributed by atoms with Gasteiger partial charge in [0.2, 0.25) is 0 Å². The van der Waals surface area contributed by atoms with Crippen molar-refractivity contribution in [2.24, 2.45) is 0 Å². The number of pyridine rings is 1. The average Bonchev–Trinajstić information content (AvgIpc) is 2.63. The Balaban J connectivity index is 1.98. The third-order valence-corrected chi connectivity index (χ3v) is 4.72. The molecule has 2 aromatic carbocycles. The third-order valence-electron chi connectivity index (χ3n) is 4.43. The Morgan fingerprint density at radius 2 is 1.65 bits per heavy atom. The number of hydrogen-bond acceptors (Lipinski definition) is 2. The summed E-state index contributed by atoms with van der Waals surface area (Å²) in [5.74, 6) is -0.763.